The van der Waals surface area contributed by atoms with E-state index in [1.54, 1.807) is 24.3 Å². The Morgan fingerprint density at radius 3 is 2.85 bits per heavy atom. The molecular weight excluding hydrogens is 298 g/mol. The fourth-order valence-electron chi connectivity index (χ4n) is 1.64. The summed E-state index contributed by atoms with van der Waals surface area (Å²) in [7, 11) is 1.31. The van der Waals surface area contributed by atoms with Gasteiger partial charge in [-0.25, -0.2) is 4.79 Å². The van der Waals surface area contributed by atoms with Crippen LogP contribution in [0.25, 0.3) is 0 Å². The van der Waals surface area contributed by atoms with E-state index >= 15 is 0 Å². The summed E-state index contributed by atoms with van der Waals surface area (Å²) in [4.78, 5) is 12.2. The van der Waals surface area contributed by atoms with Crippen LogP contribution in [0.5, 0.6) is 0 Å². The summed E-state index contributed by atoms with van der Waals surface area (Å²) in [6, 6.07) is 8.67. The average Bonchev–Trinajstić information content (AvgIpc) is 2.91. The lowest BCUT2D eigenvalue weighted by Crippen LogP contribution is -1.98. The molecule has 106 valence electrons. The highest BCUT2D eigenvalue weighted by Crippen LogP contribution is 2.39. The van der Waals surface area contributed by atoms with E-state index in [9.17, 15) is 4.79 Å². The molecule has 1 aromatic heterocycles. The number of rotatable bonds is 4. The number of nitrogen functional groups attached to an aromatic ring is 1. The first-order valence-electron chi connectivity index (χ1n) is 5.91. The van der Waals surface area contributed by atoms with Crippen LogP contribution in [-0.4, -0.2) is 13.1 Å². The highest BCUT2D eigenvalue weighted by atomic mass is 35.5. The number of nitrogens with two attached hydrogens (primary N) is 1. The molecule has 4 nitrogen and oxygen atoms in total. The number of anilines is 1. The van der Waals surface area contributed by atoms with Crippen LogP contribution in [0, 0.1) is 0 Å². The maximum absolute atomic E-state index is 11.3. The van der Waals surface area contributed by atoms with E-state index in [-0.39, 0.29) is 11.0 Å². The van der Waals surface area contributed by atoms with Gasteiger partial charge in [-0.15, -0.1) is 11.8 Å². The molecule has 1 unspecified atom stereocenters. The number of carbonyl (C=O) groups excluding carboxylic acids is 1. The smallest absolute Gasteiger partial charge is 0.373 e. The first kappa shape index (κ1) is 14.8. The zero-order chi connectivity index (χ0) is 14.7. The lowest BCUT2D eigenvalue weighted by Gasteiger charge is -2.10. The van der Waals surface area contributed by atoms with Crippen LogP contribution >= 0.6 is 23.4 Å². The Hall–Kier alpha value is -1.59. The van der Waals surface area contributed by atoms with Crippen LogP contribution in [0.15, 0.2) is 39.6 Å². The van der Waals surface area contributed by atoms with Gasteiger partial charge in [0.25, 0.3) is 0 Å². The van der Waals surface area contributed by atoms with Crippen molar-refractivity contribution < 1.29 is 13.9 Å². The van der Waals surface area contributed by atoms with Crippen molar-refractivity contribution in [2.45, 2.75) is 17.1 Å². The normalized spacial score (nSPS) is 12.2. The highest BCUT2D eigenvalue weighted by Gasteiger charge is 2.17. The molecular formula is C14H14ClNO3S. The molecule has 0 bridgehead atoms. The van der Waals surface area contributed by atoms with Crippen LogP contribution in [0.1, 0.15) is 28.5 Å². The summed E-state index contributed by atoms with van der Waals surface area (Å²) in [6.07, 6.45) is 0. The van der Waals surface area contributed by atoms with E-state index in [1.807, 2.05) is 13.0 Å². The van der Waals surface area contributed by atoms with Gasteiger partial charge >= 0.3 is 5.97 Å². The Morgan fingerprint density at radius 2 is 2.15 bits per heavy atom. The molecule has 0 saturated carbocycles. The minimum absolute atomic E-state index is 0.00675. The summed E-state index contributed by atoms with van der Waals surface area (Å²) in [5.74, 6) is 0.373. The molecule has 0 aliphatic rings. The number of halogens is 1. The van der Waals surface area contributed by atoms with E-state index in [1.165, 1.54) is 18.9 Å². The zero-order valence-corrected chi connectivity index (χ0v) is 12.6. The molecule has 2 N–H and O–H groups in total. The molecule has 0 fully saturated rings. The molecule has 0 spiro atoms. The predicted molar refractivity (Wildman–Crippen MR) is 80.2 cm³/mol. The average molecular weight is 312 g/mol. The second kappa shape index (κ2) is 6.24. The monoisotopic (exact) mass is 311 g/mol. The number of ether oxygens (including phenoxy) is 1. The second-order valence-corrected chi connectivity index (χ2v) is 5.93. The van der Waals surface area contributed by atoms with Crippen molar-refractivity contribution >= 4 is 35.0 Å². The molecule has 0 aliphatic heterocycles. The molecule has 2 aromatic rings. The molecule has 1 atom stereocenters. The molecule has 0 amide bonds. The molecule has 20 heavy (non-hydrogen) atoms. The summed E-state index contributed by atoms with van der Waals surface area (Å²) < 4.78 is 10.1. The summed E-state index contributed by atoms with van der Waals surface area (Å²) >= 11 is 7.64. The van der Waals surface area contributed by atoms with E-state index in [4.69, 9.17) is 21.8 Å². The number of hydrogen-bond donors (Lipinski definition) is 1. The van der Waals surface area contributed by atoms with Gasteiger partial charge in [0.1, 0.15) is 5.76 Å². The first-order chi connectivity index (χ1) is 9.51. The van der Waals surface area contributed by atoms with Gasteiger partial charge in [0, 0.05) is 10.6 Å². The Kier molecular flexibility index (Phi) is 4.62. The van der Waals surface area contributed by atoms with Crippen molar-refractivity contribution in [2.75, 3.05) is 12.8 Å². The lowest BCUT2D eigenvalue weighted by atomic mass is 10.3. The largest absolute Gasteiger partial charge is 0.463 e. The Labute approximate surface area is 126 Å². The standard InChI is InChI=1S/C14H14ClNO3S/c1-8(11-5-6-12(19-11)14(17)18-2)20-13-7-9(16)3-4-10(13)15/h3-8H,16H2,1-2H3. The third kappa shape index (κ3) is 3.29. The topological polar surface area (TPSA) is 65.5 Å². The van der Waals surface area contributed by atoms with Crippen molar-refractivity contribution in [2.24, 2.45) is 0 Å². The summed E-state index contributed by atoms with van der Waals surface area (Å²) in [6.45, 7) is 1.96. The molecule has 1 aromatic carbocycles. The molecule has 1 heterocycles. The number of thioether (sulfide) groups is 1. The van der Waals surface area contributed by atoms with Crippen molar-refractivity contribution in [3.63, 3.8) is 0 Å². The van der Waals surface area contributed by atoms with Gasteiger partial charge in [-0.05, 0) is 37.3 Å². The number of esters is 1. The van der Waals surface area contributed by atoms with Gasteiger partial charge in [0.05, 0.1) is 17.4 Å². The van der Waals surface area contributed by atoms with Gasteiger partial charge < -0.3 is 14.9 Å². The van der Waals surface area contributed by atoms with Crippen molar-refractivity contribution in [3.8, 4) is 0 Å². The predicted octanol–water partition coefficient (Wildman–Crippen LogP) is 4.16. The summed E-state index contributed by atoms with van der Waals surface area (Å²) in [5.41, 5.74) is 6.40. The summed E-state index contributed by atoms with van der Waals surface area (Å²) in [5, 5.41) is 0.628. The van der Waals surface area contributed by atoms with Gasteiger partial charge in [-0.3, -0.25) is 0 Å². The number of benzene rings is 1. The number of hydrogen-bond acceptors (Lipinski definition) is 5. The SMILES string of the molecule is COC(=O)c1ccc(C(C)Sc2cc(N)ccc2Cl)o1. The fourth-order valence-corrected chi connectivity index (χ4v) is 2.90. The van der Waals surface area contributed by atoms with Crippen LogP contribution in [0.4, 0.5) is 5.69 Å². The van der Waals surface area contributed by atoms with Gasteiger partial charge in [-0.2, -0.15) is 0 Å². The minimum Gasteiger partial charge on any atom is -0.463 e. The van der Waals surface area contributed by atoms with Crippen LogP contribution in [0.3, 0.4) is 0 Å². The van der Waals surface area contributed by atoms with Crippen LogP contribution in [0.2, 0.25) is 5.02 Å². The number of methoxy groups -OCH3 is 1. The van der Waals surface area contributed by atoms with Gasteiger partial charge in [0.2, 0.25) is 5.76 Å². The minimum atomic E-state index is -0.490. The Balaban J connectivity index is 2.15. The highest BCUT2D eigenvalue weighted by molar-refractivity contribution is 7.99. The maximum atomic E-state index is 11.3. The van der Waals surface area contributed by atoms with Gasteiger partial charge in [0.15, 0.2) is 0 Å². The van der Waals surface area contributed by atoms with Crippen molar-refractivity contribution in [1.29, 1.82) is 0 Å². The number of furan rings is 1. The first-order valence-corrected chi connectivity index (χ1v) is 7.16. The molecule has 2 rings (SSSR count). The fraction of sp³-hybridized carbons (Fsp3) is 0.214. The second-order valence-electron chi connectivity index (χ2n) is 4.14. The Morgan fingerprint density at radius 1 is 1.40 bits per heavy atom. The van der Waals surface area contributed by atoms with Crippen molar-refractivity contribution in [1.82, 2.24) is 0 Å². The quantitative estimate of drug-likeness (QED) is 0.522. The molecule has 0 aliphatic carbocycles. The van der Waals surface area contributed by atoms with Gasteiger partial charge in [-0.1, -0.05) is 11.6 Å². The Bertz CT molecular complexity index is 627. The zero-order valence-electron chi connectivity index (χ0n) is 11.1. The molecule has 6 heteroatoms. The van der Waals surface area contributed by atoms with E-state index < -0.39 is 5.97 Å². The van der Waals surface area contributed by atoms with Crippen LogP contribution < -0.4 is 5.73 Å². The molecule has 0 radical (unpaired) electrons. The van der Waals surface area contributed by atoms with Crippen molar-refractivity contribution in [3.05, 3.63) is 46.9 Å². The van der Waals surface area contributed by atoms with E-state index in [0.29, 0.717) is 16.5 Å². The van der Waals surface area contributed by atoms with E-state index in [2.05, 4.69) is 4.74 Å². The van der Waals surface area contributed by atoms with E-state index in [0.717, 1.165) is 4.90 Å². The number of carbonyl (C=O) groups is 1. The van der Waals surface area contributed by atoms with Crippen LogP contribution in [-0.2, 0) is 4.74 Å². The third-order valence-electron chi connectivity index (χ3n) is 2.67. The molecule has 0 saturated heterocycles. The maximum Gasteiger partial charge on any atom is 0.373 e. The third-order valence-corrected chi connectivity index (χ3v) is 4.29. The lowest BCUT2D eigenvalue weighted by molar-refractivity contribution is 0.0563.